The van der Waals surface area contributed by atoms with Gasteiger partial charge in [-0.05, 0) is 18.4 Å². The maximum absolute atomic E-state index is 11.7. The zero-order valence-corrected chi connectivity index (χ0v) is 9.80. The van der Waals surface area contributed by atoms with E-state index in [9.17, 15) is 15.0 Å². The van der Waals surface area contributed by atoms with Gasteiger partial charge in [-0.1, -0.05) is 5.11 Å². The van der Waals surface area contributed by atoms with Gasteiger partial charge in [0.25, 0.3) is 0 Å². The highest BCUT2D eigenvalue weighted by Crippen LogP contribution is 2.37. The molecule has 0 bridgehead atoms. The summed E-state index contributed by atoms with van der Waals surface area (Å²) in [6.07, 6.45) is 0.878. The number of nitrogens with zero attached hydrogens (tertiary/aromatic N) is 5. The highest BCUT2D eigenvalue weighted by atomic mass is 16.6. The fraction of sp³-hybridized carbons (Fsp3) is 0.556. The lowest BCUT2D eigenvalue weighted by molar-refractivity contribution is -0.0952. The number of aromatic nitrogens is 2. The van der Waals surface area contributed by atoms with Crippen molar-refractivity contribution in [3.8, 4) is 5.75 Å². The second kappa shape index (κ2) is 4.76. The zero-order valence-electron chi connectivity index (χ0n) is 9.80. The number of aromatic hydroxyl groups is 1. The van der Waals surface area contributed by atoms with E-state index < -0.39 is 24.2 Å². The van der Waals surface area contributed by atoms with Crippen LogP contribution in [-0.4, -0.2) is 32.1 Å². The van der Waals surface area contributed by atoms with Crippen molar-refractivity contribution in [1.82, 2.24) is 9.55 Å². The maximum atomic E-state index is 11.7. The molecule has 19 heavy (non-hydrogen) atoms. The van der Waals surface area contributed by atoms with Gasteiger partial charge < -0.3 is 20.7 Å². The highest BCUT2D eigenvalue weighted by molar-refractivity contribution is 5.41. The van der Waals surface area contributed by atoms with Gasteiger partial charge in [-0.2, -0.15) is 4.98 Å². The molecule has 4 N–H and O–H groups in total. The number of ether oxygens (including phenoxy) is 1. The molecular formula is C9H12N6O4. The Labute approximate surface area is 106 Å². The van der Waals surface area contributed by atoms with Crippen LogP contribution in [-0.2, 0) is 4.74 Å². The Morgan fingerprint density at radius 2 is 2.53 bits per heavy atom. The number of rotatable bonds is 3. The quantitative estimate of drug-likeness (QED) is 0.392. The normalized spacial score (nSPS) is 26.1. The van der Waals surface area contributed by atoms with Crippen LogP contribution in [0.5, 0.6) is 5.75 Å². The van der Waals surface area contributed by atoms with Crippen molar-refractivity contribution in [2.45, 2.75) is 24.8 Å². The summed E-state index contributed by atoms with van der Waals surface area (Å²) in [5.74, 6) is -0.629. The Bertz CT molecular complexity index is 595. The molecule has 0 spiro atoms. The maximum Gasteiger partial charge on any atom is 0.351 e. The van der Waals surface area contributed by atoms with Crippen molar-refractivity contribution in [3.63, 3.8) is 0 Å². The molecule has 2 atom stereocenters. The highest BCUT2D eigenvalue weighted by Gasteiger charge is 2.40. The molecule has 102 valence electrons. The minimum Gasteiger partial charge on any atom is -0.503 e. The minimum absolute atomic E-state index is 0.246. The fourth-order valence-corrected chi connectivity index (χ4v) is 1.90. The van der Waals surface area contributed by atoms with E-state index in [-0.39, 0.29) is 18.0 Å². The van der Waals surface area contributed by atoms with Crippen molar-refractivity contribution in [1.29, 1.82) is 0 Å². The van der Waals surface area contributed by atoms with Gasteiger partial charge in [0.15, 0.2) is 17.3 Å². The molecular weight excluding hydrogens is 256 g/mol. The summed E-state index contributed by atoms with van der Waals surface area (Å²) in [5.41, 5.74) is 11.6. The molecule has 1 fully saturated rings. The summed E-state index contributed by atoms with van der Waals surface area (Å²) in [6.45, 7) is -0.503. The van der Waals surface area contributed by atoms with Crippen LogP contribution in [0.3, 0.4) is 0 Å². The van der Waals surface area contributed by atoms with E-state index in [1.165, 1.54) is 0 Å². The summed E-state index contributed by atoms with van der Waals surface area (Å²) in [4.78, 5) is 17.7. The average Bonchev–Trinajstić information content (AvgIpc) is 2.79. The van der Waals surface area contributed by atoms with Gasteiger partial charge in [-0.3, -0.25) is 4.57 Å². The van der Waals surface area contributed by atoms with E-state index in [0.717, 1.165) is 10.8 Å². The number of nitrogens with two attached hydrogens (primary N) is 1. The largest absolute Gasteiger partial charge is 0.503 e. The first kappa shape index (κ1) is 13.1. The second-order valence-electron chi connectivity index (χ2n) is 4.11. The van der Waals surface area contributed by atoms with E-state index >= 15 is 0 Å². The number of azide groups is 1. The van der Waals surface area contributed by atoms with Gasteiger partial charge in [-0.15, -0.1) is 0 Å². The standard InChI is InChI=1S/C9H12N6O4/c10-7-5(17)3-15(8(18)12-7)6-1-2-9(4-16,19-6)13-14-11/h3,6,16-17H,1-2,4H2,(H2,10,12,18)/t6-,9+/m1/s1. The lowest BCUT2D eigenvalue weighted by Gasteiger charge is -2.22. The zero-order chi connectivity index (χ0) is 14.0. The van der Waals surface area contributed by atoms with Crippen LogP contribution in [0.4, 0.5) is 5.82 Å². The number of anilines is 1. The number of hydrogen-bond donors (Lipinski definition) is 3. The molecule has 1 aromatic heterocycles. The lowest BCUT2D eigenvalue weighted by atomic mass is 10.1. The molecule has 0 aliphatic carbocycles. The molecule has 1 aromatic rings. The van der Waals surface area contributed by atoms with E-state index in [1.807, 2.05) is 0 Å². The molecule has 10 heteroatoms. The fourth-order valence-electron chi connectivity index (χ4n) is 1.90. The summed E-state index contributed by atoms with van der Waals surface area (Å²) < 4.78 is 6.44. The first-order valence-corrected chi connectivity index (χ1v) is 5.44. The molecule has 1 saturated heterocycles. The monoisotopic (exact) mass is 268 g/mol. The van der Waals surface area contributed by atoms with Crippen molar-refractivity contribution in [2.24, 2.45) is 5.11 Å². The van der Waals surface area contributed by atoms with E-state index in [2.05, 4.69) is 15.0 Å². The molecule has 0 unspecified atom stereocenters. The summed E-state index contributed by atoms with van der Waals surface area (Å²) in [7, 11) is 0. The van der Waals surface area contributed by atoms with Crippen molar-refractivity contribution < 1.29 is 14.9 Å². The second-order valence-corrected chi connectivity index (χ2v) is 4.11. The smallest absolute Gasteiger partial charge is 0.351 e. The molecule has 10 nitrogen and oxygen atoms in total. The number of hydrogen-bond acceptors (Lipinski definition) is 7. The van der Waals surface area contributed by atoms with Crippen LogP contribution in [0, 0.1) is 0 Å². The van der Waals surface area contributed by atoms with Gasteiger partial charge in [0.2, 0.25) is 0 Å². The van der Waals surface area contributed by atoms with Crippen LogP contribution >= 0.6 is 0 Å². The topological polar surface area (TPSA) is 159 Å². The van der Waals surface area contributed by atoms with Crippen LogP contribution in [0.25, 0.3) is 10.4 Å². The van der Waals surface area contributed by atoms with Gasteiger partial charge >= 0.3 is 5.69 Å². The molecule has 1 aliphatic heterocycles. The first-order valence-electron chi connectivity index (χ1n) is 5.44. The van der Waals surface area contributed by atoms with Crippen molar-refractivity contribution >= 4 is 5.82 Å². The Morgan fingerprint density at radius 3 is 3.16 bits per heavy atom. The van der Waals surface area contributed by atoms with Crippen LogP contribution in [0.1, 0.15) is 19.1 Å². The molecule has 1 aliphatic rings. The number of nitrogen functional groups attached to an aromatic ring is 1. The third kappa shape index (κ3) is 2.32. The van der Waals surface area contributed by atoms with Crippen molar-refractivity contribution in [3.05, 3.63) is 27.1 Å². The molecule has 2 heterocycles. The van der Waals surface area contributed by atoms with Gasteiger partial charge in [0.1, 0.15) is 6.23 Å². The third-order valence-electron chi connectivity index (χ3n) is 2.88. The molecule has 0 radical (unpaired) electrons. The van der Waals surface area contributed by atoms with E-state index in [4.69, 9.17) is 16.0 Å². The van der Waals surface area contributed by atoms with Gasteiger partial charge in [-0.25, -0.2) is 4.79 Å². The first-order chi connectivity index (χ1) is 9.01. The SMILES string of the molecule is [N-]=[N+]=N[C@@]1(CO)CC[C@H](n2cc(O)c(N)nc2=O)O1. The summed E-state index contributed by atoms with van der Waals surface area (Å²) >= 11 is 0. The Hall–Kier alpha value is -2.29. The molecule has 2 rings (SSSR count). The van der Waals surface area contributed by atoms with E-state index in [1.54, 1.807) is 0 Å². The van der Waals surface area contributed by atoms with Crippen molar-refractivity contribution in [2.75, 3.05) is 12.3 Å². The number of aliphatic hydroxyl groups is 1. The molecule has 0 saturated carbocycles. The predicted molar refractivity (Wildman–Crippen MR) is 62.9 cm³/mol. The molecule has 0 aromatic carbocycles. The average molecular weight is 268 g/mol. The molecule has 0 amide bonds. The van der Waals surface area contributed by atoms with Crippen LogP contribution in [0.2, 0.25) is 0 Å². The predicted octanol–water partition coefficient (Wildman–Crippen LogP) is -0.161. The third-order valence-corrected chi connectivity index (χ3v) is 2.88. The van der Waals surface area contributed by atoms with Crippen LogP contribution < -0.4 is 11.4 Å². The Kier molecular flexibility index (Phi) is 3.30. The lowest BCUT2D eigenvalue weighted by Crippen LogP contribution is -2.33. The van der Waals surface area contributed by atoms with Gasteiger partial charge in [0, 0.05) is 4.91 Å². The van der Waals surface area contributed by atoms with E-state index in [0.29, 0.717) is 6.42 Å². The number of aliphatic hydroxyl groups excluding tert-OH is 1. The van der Waals surface area contributed by atoms with Crippen LogP contribution in [0.15, 0.2) is 16.1 Å². The van der Waals surface area contributed by atoms with Gasteiger partial charge in [0.05, 0.1) is 12.8 Å². The minimum atomic E-state index is -1.39. The Balaban J connectivity index is 2.33. The summed E-state index contributed by atoms with van der Waals surface area (Å²) in [6, 6.07) is 0. The summed E-state index contributed by atoms with van der Waals surface area (Å²) in [5, 5.41) is 22.1. The Morgan fingerprint density at radius 1 is 1.79 bits per heavy atom.